The summed E-state index contributed by atoms with van der Waals surface area (Å²) in [7, 11) is 1.15. The molecule has 1 aromatic carbocycles. The number of amides is 2. The number of anilines is 1. The van der Waals surface area contributed by atoms with Crippen LogP contribution in [0.15, 0.2) is 36.5 Å². The van der Waals surface area contributed by atoms with Crippen LogP contribution in [0.2, 0.25) is 0 Å². The van der Waals surface area contributed by atoms with Crippen molar-refractivity contribution in [2.75, 3.05) is 32.2 Å². The molecule has 0 spiro atoms. The van der Waals surface area contributed by atoms with E-state index in [1.165, 1.54) is 0 Å². The number of rotatable bonds is 13. The van der Waals surface area contributed by atoms with Crippen molar-refractivity contribution in [2.45, 2.75) is 32.8 Å². The van der Waals surface area contributed by atoms with Gasteiger partial charge in [0.05, 0.1) is 12.7 Å². The van der Waals surface area contributed by atoms with Crippen LogP contribution < -0.4 is 15.4 Å². The lowest BCUT2D eigenvalue weighted by atomic mass is 10.1. The van der Waals surface area contributed by atoms with Gasteiger partial charge in [-0.2, -0.15) is 0 Å². The molecule has 0 aliphatic carbocycles. The highest BCUT2D eigenvalue weighted by Crippen LogP contribution is 2.31. The van der Waals surface area contributed by atoms with Crippen molar-refractivity contribution in [2.24, 2.45) is 0 Å². The summed E-state index contributed by atoms with van der Waals surface area (Å²) in [5, 5.41) is 14.3. The average molecular weight is 488 g/mol. The summed E-state index contributed by atoms with van der Waals surface area (Å²) >= 11 is 0. The number of nitrogens with zero attached hydrogens (tertiary/aromatic N) is 1. The van der Waals surface area contributed by atoms with E-state index in [9.17, 15) is 24.3 Å². The number of hydrogen-bond donors (Lipinski definition) is 3. The quantitative estimate of drug-likeness (QED) is 0.220. The van der Waals surface area contributed by atoms with Crippen LogP contribution in [0.25, 0.3) is 0 Å². The molecular formula is C24H29N3O8. The van der Waals surface area contributed by atoms with Crippen LogP contribution in [0, 0.1) is 0 Å². The zero-order valence-electron chi connectivity index (χ0n) is 19.7. The van der Waals surface area contributed by atoms with Gasteiger partial charge < -0.3 is 30.0 Å². The maximum atomic E-state index is 12.7. The number of carboxylic acids is 1. The number of methoxy groups -OCH3 is 1. The highest BCUT2D eigenvalue weighted by atomic mass is 16.5. The highest BCUT2D eigenvalue weighted by Gasteiger charge is 2.27. The van der Waals surface area contributed by atoms with Crippen molar-refractivity contribution >= 4 is 29.4 Å². The van der Waals surface area contributed by atoms with E-state index in [1.807, 2.05) is 0 Å². The topological polar surface area (TPSA) is 153 Å². The van der Waals surface area contributed by atoms with Crippen molar-refractivity contribution in [3.8, 4) is 5.75 Å². The van der Waals surface area contributed by atoms with Crippen LogP contribution in [-0.2, 0) is 25.7 Å². The third-order valence-electron chi connectivity index (χ3n) is 4.72. The van der Waals surface area contributed by atoms with Crippen LogP contribution in [0.5, 0.6) is 5.75 Å². The summed E-state index contributed by atoms with van der Waals surface area (Å²) in [6.07, 6.45) is 3.50. The Morgan fingerprint density at radius 3 is 2.43 bits per heavy atom. The van der Waals surface area contributed by atoms with Gasteiger partial charge in [-0.1, -0.05) is 43.7 Å². The van der Waals surface area contributed by atoms with Gasteiger partial charge in [0.25, 0.3) is 5.91 Å². The number of aromatic carboxylic acids is 1. The number of ether oxygens (including phenoxy) is 3. The SMILES string of the molecule is CCCCOCCCNC(=O)c1cnc(C(=O)O)c(OC)c1NC(=O)C(=O)OCc1ccccc1. The minimum absolute atomic E-state index is 0.144. The molecule has 0 radical (unpaired) electrons. The Hall–Kier alpha value is -3.99. The lowest BCUT2D eigenvalue weighted by Gasteiger charge is -2.16. The fourth-order valence-corrected chi connectivity index (χ4v) is 2.91. The first-order valence-electron chi connectivity index (χ1n) is 11.1. The van der Waals surface area contributed by atoms with Gasteiger partial charge in [0.2, 0.25) is 0 Å². The molecule has 0 unspecified atom stereocenters. The molecule has 0 saturated heterocycles. The zero-order valence-corrected chi connectivity index (χ0v) is 19.7. The number of hydrogen-bond acceptors (Lipinski definition) is 8. The molecule has 11 nitrogen and oxygen atoms in total. The van der Waals surface area contributed by atoms with Gasteiger partial charge in [-0.05, 0) is 18.4 Å². The summed E-state index contributed by atoms with van der Waals surface area (Å²) in [6, 6.07) is 8.72. The second kappa shape index (κ2) is 14.3. The zero-order chi connectivity index (χ0) is 25.6. The number of carbonyl (C=O) groups excluding carboxylic acids is 3. The molecule has 1 aromatic heterocycles. The summed E-state index contributed by atoms with van der Waals surface area (Å²) in [5.74, 6) is -4.90. The normalized spacial score (nSPS) is 10.3. The largest absolute Gasteiger partial charge is 0.492 e. The first-order valence-corrected chi connectivity index (χ1v) is 11.1. The van der Waals surface area contributed by atoms with Gasteiger partial charge in [-0.3, -0.25) is 9.59 Å². The smallest absolute Gasteiger partial charge is 0.397 e. The van der Waals surface area contributed by atoms with E-state index in [0.717, 1.165) is 26.1 Å². The average Bonchev–Trinajstić information content (AvgIpc) is 2.86. The van der Waals surface area contributed by atoms with Gasteiger partial charge in [0.15, 0.2) is 11.4 Å². The first kappa shape index (κ1) is 27.3. The van der Waals surface area contributed by atoms with E-state index < -0.39 is 29.4 Å². The molecule has 2 aromatic rings. The first-order chi connectivity index (χ1) is 16.9. The lowest BCUT2D eigenvalue weighted by Crippen LogP contribution is -2.30. The Labute approximate surface area is 202 Å². The Morgan fingerprint density at radius 2 is 1.77 bits per heavy atom. The molecule has 2 amide bonds. The fraction of sp³-hybridized carbons (Fsp3) is 0.375. The van der Waals surface area contributed by atoms with E-state index in [1.54, 1.807) is 30.3 Å². The number of carboxylic acid groups (broad SMARTS) is 1. The van der Waals surface area contributed by atoms with E-state index in [-0.39, 0.29) is 30.2 Å². The number of carbonyl (C=O) groups is 4. The lowest BCUT2D eigenvalue weighted by molar-refractivity contribution is -0.153. The standard InChI is InChI=1S/C24H29N3O8/c1-3-4-12-34-13-8-11-25-21(28)17-14-26-19(23(30)31)20(33-2)18(17)27-22(29)24(32)35-15-16-9-6-5-7-10-16/h5-7,9-10,14H,3-4,8,11-13,15H2,1-2H3,(H,25,28)(H,30,31)(H,26,27,29). The maximum absolute atomic E-state index is 12.7. The molecule has 0 atom stereocenters. The molecule has 188 valence electrons. The van der Waals surface area contributed by atoms with Crippen molar-refractivity contribution in [1.82, 2.24) is 10.3 Å². The summed E-state index contributed by atoms with van der Waals surface area (Å²) in [4.78, 5) is 52.8. The van der Waals surface area contributed by atoms with Gasteiger partial charge >= 0.3 is 17.8 Å². The van der Waals surface area contributed by atoms with Crippen molar-refractivity contribution in [3.05, 3.63) is 53.3 Å². The van der Waals surface area contributed by atoms with Crippen LogP contribution >= 0.6 is 0 Å². The molecule has 2 rings (SSSR count). The molecule has 0 fully saturated rings. The predicted octanol–water partition coefficient (Wildman–Crippen LogP) is 2.41. The third kappa shape index (κ3) is 8.38. The van der Waals surface area contributed by atoms with Gasteiger partial charge in [-0.15, -0.1) is 0 Å². The number of esters is 1. The van der Waals surface area contributed by atoms with E-state index in [4.69, 9.17) is 14.2 Å². The number of benzene rings is 1. The van der Waals surface area contributed by atoms with E-state index >= 15 is 0 Å². The fourth-order valence-electron chi connectivity index (χ4n) is 2.91. The Kier molecular flexibility index (Phi) is 11.1. The van der Waals surface area contributed by atoms with Gasteiger partial charge in [-0.25, -0.2) is 14.6 Å². The molecule has 0 saturated carbocycles. The summed E-state index contributed by atoms with van der Waals surface area (Å²) < 4.78 is 15.5. The molecule has 35 heavy (non-hydrogen) atoms. The Morgan fingerprint density at radius 1 is 1.06 bits per heavy atom. The Balaban J connectivity index is 2.13. The molecule has 11 heteroatoms. The molecule has 1 heterocycles. The monoisotopic (exact) mass is 487 g/mol. The second-order valence-corrected chi connectivity index (χ2v) is 7.33. The molecule has 3 N–H and O–H groups in total. The maximum Gasteiger partial charge on any atom is 0.397 e. The molecular weight excluding hydrogens is 458 g/mol. The van der Waals surface area contributed by atoms with Crippen LogP contribution in [0.4, 0.5) is 5.69 Å². The van der Waals surface area contributed by atoms with Gasteiger partial charge in [0, 0.05) is 26.0 Å². The second-order valence-electron chi connectivity index (χ2n) is 7.33. The van der Waals surface area contributed by atoms with E-state index in [0.29, 0.717) is 25.2 Å². The van der Waals surface area contributed by atoms with Crippen molar-refractivity contribution < 1.29 is 38.5 Å². The van der Waals surface area contributed by atoms with E-state index in [2.05, 4.69) is 22.5 Å². The number of unbranched alkanes of at least 4 members (excludes halogenated alkanes) is 1. The van der Waals surface area contributed by atoms with Crippen LogP contribution in [-0.4, -0.2) is 60.7 Å². The minimum atomic E-state index is -1.44. The number of pyridine rings is 1. The minimum Gasteiger partial charge on any atom is -0.492 e. The van der Waals surface area contributed by atoms with Crippen molar-refractivity contribution in [3.63, 3.8) is 0 Å². The van der Waals surface area contributed by atoms with Gasteiger partial charge in [0.1, 0.15) is 12.3 Å². The number of aromatic nitrogens is 1. The summed E-state index contributed by atoms with van der Waals surface area (Å²) in [6.45, 7) is 3.27. The Bertz CT molecular complexity index is 1030. The van der Waals surface area contributed by atoms with Crippen molar-refractivity contribution in [1.29, 1.82) is 0 Å². The molecule has 0 bridgehead atoms. The molecule has 0 aliphatic heterocycles. The van der Waals surface area contributed by atoms with Crippen LogP contribution in [0.3, 0.4) is 0 Å². The number of nitrogens with one attached hydrogen (secondary N) is 2. The summed E-state index contributed by atoms with van der Waals surface area (Å²) in [5.41, 5.74) is -0.357. The third-order valence-corrected chi connectivity index (χ3v) is 4.72. The van der Waals surface area contributed by atoms with Crippen LogP contribution in [0.1, 0.15) is 52.6 Å². The highest BCUT2D eigenvalue weighted by molar-refractivity contribution is 6.38. The molecule has 0 aliphatic rings. The predicted molar refractivity (Wildman–Crippen MR) is 125 cm³/mol.